The Morgan fingerprint density at radius 3 is 2.04 bits per heavy atom. The van der Waals surface area contributed by atoms with Gasteiger partial charge in [-0.05, 0) is 25.9 Å². The largest absolute Gasteiger partial charge is 0.490 e. The number of benzene rings is 1. The van der Waals surface area contributed by atoms with Crippen molar-refractivity contribution in [3.8, 4) is 11.5 Å². The number of nitro groups is 2. The average molecular weight is 368 g/mol. The Bertz CT molecular complexity index is 676. The Kier molecular flexibility index (Phi) is 6.28. The highest BCUT2D eigenvalue weighted by Crippen LogP contribution is 2.43. The van der Waals surface area contributed by atoms with E-state index in [4.69, 9.17) is 9.47 Å². The second-order valence-corrected chi connectivity index (χ2v) is 5.67. The molecule has 1 aromatic rings. The van der Waals surface area contributed by atoms with Gasteiger partial charge in [0.15, 0.2) is 0 Å². The molecule has 0 unspecified atom stereocenters. The van der Waals surface area contributed by atoms with Crippen molar-refractivity contribution in [1.29, 1.82) is 0 Å². The summed E-state index contributed by atoms with van der Waals surface area (Å²) in [6, 6.07) is 1.03. The van der Waals surface area contributed by atoms with Gasteiger partial charge in [0, 0.05) is 19.2 Å². The SMILES string of the molecule is COc1cc(OC)c([N+](=O)[O-])c(C(=O)NCCN2CCCC2)c1[N+](=O)[O-]. The maximum absolute atomic E-state index is 12.6. The van der Waals surface area contributed by atoms with Crippen molar-refractivity contribution in [2.75, 3.05) is 40.4 Å². The number of nitrogens with one attached hydrogen (secondary N) is 1. The number of rotatable bonds is 8. The van der Waals surface area contributed by atoms with E-state index in [9.17, 15) is 25.0 Å². The van der Waals surface area contributed by atoms with Crippen LogP contribution in [-0.2, 0) is 0 Å². The highest BCUT2D eigenvalue weighted by Gasteiger charge is 2.38. The van der Waals surface area contributed by atoms with E-state index >= 15 is 0 Å². The summed E-state index contributed by atoms with van der Waals surface area (Å²) >= 11 is 0. The zero-order chi connectivity index (χ0) is 19.3. The van der Waals surface area contributed by atoms with Crippen LogP contribution in [0.4, 0.5) is 11.4 Å². The lowest BCUT2D eigenvalue weighted by Gasteiger charge is -2.15. The summed E-state index contributed by atoms with van der Waals surface area (Å²) in [6.07, 6.45) is 2.16. The van der Waals surface area contributed by atoms with E-state index in [0.29, 0.717) is 6.54 Å². The van der Waals surface area contributed by atoms with Gasteiger partial charge < -0.3 is 19.7 Å². The van der Waals surface area contributed by atoms with Gasteiger partial charge >= 0.3 is 11.4 Å². The minimum absolute atomic E-state index is 0.215. The van der Waals surface area contributed by atoms with E-state index in [1.807, 2.05) is 0 Å². The smallest absolute Gasteiger partial charge is 0.330 e. The maximum atomic E-state index is 12.6. The van der Waals surface area contributed by atoms with Gasteiger partial charge in [0.05, 0.1) is 24.1 Å². The van der Waals surface area contributed by atoms with Crippen LogP contribution in [0, 0.1) is 20.2 Å². The molecule has 0 radical (unpaired) electrons. The molecule has 0 spiro atoms. The lowest BCUT2D eigenvalue weighted by Crippen LogP contribution is -2.34. The predicted octanol–water partition coefficient (Wildman–Crippen LogP) is 1.35. The van der Waals surface area contributed by atoms with Crippen LogP contribution in [0.2, 0.25) is 0 Å². The fourth-order valence-electron chi connectivity index (χ4n) is 2.93. The predicted molar refractivity (Wildman–Crippen MR) is 90.9 cm³/mol. The zero-order valence-corrected chi connectivity index (χ0v) is 14.5. The summed E-state index contributed by atoms with van der Waals surface area (Å²) < 4.78 is 9.86. The monoisotopic (exact) mass is 368 g/mol. The van der Waals surface area contributed by atoms with Gasteiger partial charge in [0.2, 0.25) is 17.1 Å². The van der Waals surface area contributed by atoms with Gasteiger partial charge in [-0.25, -0.2) is 0 Å². The molecule has 2 rings (SSSR count). The Morgan fingerprint density at radius 2 is 1.62 bits per heavy atom. The summed E-state index contributed by atoms with van der Waals surface area (Å²) in [5.41, 5.74) is -2.21. The molecule has 0 aliphatic carbocycles. The molecule has 1 amide bonds. The summed E-state index contributed by atoms with van der Waals surface area (Å²) in [6.45, 7) is 2.62. The Morgan fingerprint density at radius 1 is 1.12 bits per heavy atom. The Balaban J connectivity index is 2.39. The molecule has 1 aliphatic rings. The Hall–Kier alpha value is -2.95. The highest BCUT2D eigenvalue weighted by molar-refractivity contribution is 6.04. The molecular weight excluding hydrogens is 348 g/mol. The zero-order valence-electron chi connectivity index (χ0n) is 14.5. The van der Waals surface area contributed by atoms with Crippen LogP contribution in [0.25, 0.3) is 0 Å². The summed E-state index contributed by atoms with van der Waals surface area (Å²) in [7, 11) is 2.34. The van der Waals surface area contributed by atoms with E-state index in [1.165, 1.54) is 14.2 Å². The first-order valence-electron chi connectivity index (χ1n) is 7.99. The molecular formula is C15H20N4O7. The van der Waals surface area contributed by atoms with Crippen LogP contribution in [0.5, 0.6) is 11.5 Å². The number of ether oxygens (including phenoxy) is 2. The van der Waals surface area contributed by atoms with E-state index in [-0.39, 0.29) is 18.0 Å². The third-order valence-corrected chi connectivity index (χ3v) is 4.15. The summed E-state index contributed by atoms with van der Waals surface area (Å²) in [5.74, 6) is -1.50. The standard InChI is InChI=1S/C15H20N4O7/c1-25-10-9-11(26-2)14(19(23)24)12(13(10)18(21)22)15(20)16-5-8-17-6-3-4-7-17/h9H,3-8H2,1-2H3,(H,16,20). The molecule has 1 saturated heterocycles. The lowest BCUT2D eigenvalue weighted by molar-refractivity contribution is -0.395. The molecule has 0 atom stereocenters. The summed E-state index contributed by atoms with van der Waals surface area (Å²) in [5, 5.41) is 25.4. The van der Waals surface area contributed by atoms with Crippen molar-refractivity contribution in [1.82, 2.24) is 10.2 Å². The number of carbonyl (C=O) groups excluding carboxylic acids is 1. The molecule has 1 aromatic carbocycles. The van der Waals surface area contributed by atoms with Crippen LogP contribution >= 0.6 is 0 Å². The molecule has 1 aliphatic heterocycles. The first kappa shape index (κ1) is 19.4. The van der Waals surface area contributed by atoms with Crippen molar-refractivity contribution < 1.29 is 24.1 Å². The van der Waals surface area contributed by atoms with Gasteiger partial charge in [-0.15, -0.1) is 0 Å². The van der Waals surface area contributed by atoms with Gasteiger partial charge in [0.25, 0.3) is 5.91 Å². The molecule has 1 N–H and O–H groups in total. The third-order valence-electron chi connectivity index (χ3n) is 4.15. The molecule has 0 saturated carbocycles. The topological polar surface area (TPSA) is 137 Å². The van der Waals surface area contributed by atoms with Crippen LogP contribution < -0.4 is 14.8 Å². The number of methoxy groups -OCH3 is 2. The van der Waals surface area contributed by atoms with Crippen LogP contribution in [0.3, 0.4) is 0 Å². The van der Waals surface area contributed by atoms with Gasteiger partial charge in [0.1, 0.15) is 0 Å². The third kappa shape index (κ3) is 3.99. The number of hydrogen-bond acceptors (Lipinski definition) is 8. The molecule has 26 heavy (non-hydrogen) atoms. The first-order valence-corrected chi connectivity index (χ1v) is 7.99. The maximum Gasteiger partial charge on any atom is 0.330 e. The Labute approximate surface area is 149 Å². The van der Waals surface area contributed by atoms with Gasteiger partial charge in [-0.3, -0.25) is 25.0 Å². The van der Waals surface area contributed by atoms with Crippen LogP contribution in [0.15, 0.2) is 6.07 Å². The number of amides is 1. The molecule has 0 bridgehead atoms. The lowest BCUT2D eigenvalue weighted by atomic mass is 10.1. The van der Waals surface area contributed by atoms with Crippen molar-refractivity contribution in [2.45, 2.75) is 12.8 Å². The van der Waals surface area contributed by atoms with Crippen molar-refractivity contribution in [3.05, 3.63) is 31.9 Å². The fourth-order valence-corrected chi connectivity index (χ4v) is 2.93. The van der Waals surface area contributed by atoms with Crippen LogP contribution in [0.1, 0.15) is 23.2 Å². The van der Waals surface area contributed by atoms with Crippen molar-refractivity contribution in [3.63, 3.8) is 0 Å². The highest BCUT2D eigenvalue weighted by atomic mass is 16.6. The number of nitrogens with zero attached hydrogens (tertiary/aromatic N) is 3. The van der Waals surface area contributed by atoms with E-state index in [1.54, 1.807) is 0 Å². The van der Waals surface area contributed by atoms with E-state index < -0.39 is 32.7 Å². The second kappa shape index (κ2) is 8.43. The quantitative estimate of drug-likeness (QED) is 0.536. The number of carbonyl (C=O) groups is 1. The number of hydrogen-bond donors (Lipinski definition) is 1. The van der Waals surface area contributed by atoms with E-state index in [0.717, 1.165) is 32.0 Å². The molecule has 0 aromatic heterocycles. The van der Waals surface area contributed by atoms with Gasteiger partial charge in [-0.2, -0.15) is 0 Å². The number of likely N-dealkylation sites (tertiary alicyclic amines) is 1. The van der Waals surface area contributed by atoms with Crippen molar-refractivity contribution >= 4 is 17.3 Å². The minimum Gasteiger partial charge on any atom is -0.490 e. The molecule has 1 fully saturated rings. The van der Waals surface area contributed by atoms with Crippen LogP contribution in [-0.4, -0.2) is 61.1 Å². The molecule has 11 nitrogen and oxygen atoms in total. The first-order chi connectivity index (χ1) is 12.4. The fraction of sp³-hybridized carbons (Fsp3) is 0.533. The van der Waals surface area contributed by atoms with Gasteiger partial charge in [-0.1, -0.05) is 0 Å². The molecule has 11 heteroatoms. The molecule has 1 heterocycles. The van der Waals surface area contributed by atoms with E-state index in [2.05, 4.69) is 10.2 Å². The number of nitro benzene ring substituents is 2. The minimum atomic E-state index is -0.917. The second-order valence-electron chi connectivity index (χ2n) is 5.67. The average Bonchev–Trinajstić information content (AvgIpc) is 3.12. The van der Waals surface area contributed by atoms with Crippen molar-refractivity contribution in [2.24, 2.45) is 0 Å². The molecule has 142 valence electrons. The normalized spacial score (nSPS) is 14.1. The summed E-state index contributed by atoms with van der Waals surface area (Å²) in [4.78, 5) is 35.8.